The van der Waals surface area contributed by atoms with Gasteiger partial charge in [0.15, 0.2) is 0 Å². The molecule has 2 aromatic rings. The van der Waals surface area contributed by atoms with Crippen molar-refractivity contribution >= 4 is 24.3 Å². The zero-order valence-electron chi connectivity index (χ0n) is 19.0. The minimum absolute atomic E-state index is 0.304. The molecule has 0 spiro atoms. The molecule has 33 heavy (non-hydrogen) atoms. The number of rotatable bonds is 8. The Hall–Kier alpha value is -3.94. The van der Waals surface area contributed by atoms with Crippen LogP contribution in [-0.4, -0.2) is 60.5 Å². The van der Waals surface area contributed by atoms with E-state index in [9.17, 15) is 4.79 Å². The smallest absolute Gasteiger partial charge is 0.348 e. The molecular formula is C25H27N5O3. The van der Waals surface area contributed by atoms with Gasteiger partial charge in [-0.1, -0.05) is 30.8 Å². The highest BCUT2D eigenvalue weighted by Gasteiger charge is 2.40. The van der Waals surface area contributed by atoms with E-state index in [0.29, 0.717) is 24.5 Å². The fourth-order valence-electron chi connectivity index (χ4n) is 3.89. The number of methoxy groups -OCH3 is 2. The van der Waals surface area contributed by atoms with Gasteiger partial charge in [-0.15, -0.1) is 0 Å². The van der Waals surface area contributed by atoms with Crippen molar-refractivity contribution in [2.75, 3.05) is 14.2 Å². The van der Waals surface area contributed by atoms with Crippen LogP contribution in [0.2, 0.25) is 0 Å². The van der Waals surface area contributed by atoms with Crippen molar-refractivity contribution in [3.05, 3.63) is 71.9 Å². The van der Waals surface area contributed by atoms with Gasteiger partial charge in [0.05, 0.1) is 38.5 Å². The molecular weight excluding hydrogens is 418 g/mol. The van der Waals surface area contributed by atoms with Crippen LogP contribution in [0.1, 0.15) is 18.1 Å². The van der Waals surface area contributed by atoms with Gasteiger partial charge in [0.2, 0.25) is 0 Å². The Balaban J connectivity index is 1.48. The van der Waals surface area contributed by atoms with Crippen molar-refractivity contribution in [2.24, 2.45) is 15.0 Å². The van der Waals surface area contributed by atoms with E-state index >= 15 is 0 Å². The molecule has 0 aromatic heterocycles. The Bertz CT molecular complexity index is 1110. The predicted octanol–water partition coefficient (Wildman–Crippen LogP) is 3.92. The number of amides is 2. The summed E-state index contributed by atoms with van der Waals surface area (Å²) in [6, 6.07) is 14.7. The van der Waals surface area contributed by atoms with Crippen LogP contribution in [0, 0.1) is 0 Å². The summed E-state index contributed by atoms with van der Waals surface area (Å²) in [6.07, 6.45) is 3.23. The standard InChI is InChI=1S/C25H27N5O3/c1-5-26-24-23(27-16-29(24)14-18-6-10-20(32-3)11-7-18)22-17(2)30(25(31)28-22)15-19-8-12-21(33-4)13-9-19/h5-13,16,23-24H,2,14-15H2,1,3-4H3/b26-5-. The summed E-state index contributed by atoms with van der Waals surface area (Å²) in [5.74, 6) is 1.57. The number of hydrogen-bond acceptors (Lipinski definition) is 6. The van der Waals surface area contributed by atoms with Gasteiger partial charge in [-0.3, -0.25) is 14.9 Å². The lowest BCUT2D eigenvalue weighted by Crippen LogP contribution is -2.39. The van der Waals surface area contributed by atoms with Crippen LogP contribution in [0.3, 0.4) is 0 Å². The van der Waals surface area contributed by atoms with Crippen LogP contribution >= 0.6 is 0 Å². The summed E-state index contributed by atoms with van der Waals surface area (Å²) in [5.41, 5.74) is 3.17. The first-order chi connectivity index (χ1) is 16.0. The number of urea groups is 1. The lowest BCUT2D eigenvalue weighted by atomic mass is 10.1. The molecule has 0 radical (unpaired) electrons. The molecule has 8 heteroatoms. The van der Waals surface area contributed by atoms with Crippen LogP contribution in [0.15, 0.2) is 75.8 Å². The molecule has 0 saturated heterocycles. The first kappa shape index (κ1) is 22.3. The maximum absolute atomic E-state index is 12.7. The summed E-state index contributed by atoms with van der Waals surface area (Å²) in [4.78, 5) is 29.9. The number of aliphatic imine (C=N–C) groups is 3. The zero-order chi connectivity index (χ0) is 23.4. The van der Waals surface area contributed by atoms with E-state index < -0.39 is 6.04 Å². The molecule has 2 atom stereocenters. The molecule has 0 N–H and O–H groups in total. The predicted molar refractivity (Wildman–Crippen MR) is 129 cm³/mol. The first-order valence-electron chi connectivity index (χ1n) is 10.7. The van der Waals surface area contributed by atoms with Gasteiger partial charge in [-0.2, -0.15) is 4.99 Å². The van der Waals surface area contributed by atoms with Gasteiger partial charge < -0.3 is 14.4 Å². The molecule has 0 aliphatic carbocycles. The third-order valence-corrected chi connectivity index (χ3v) is 5.67. The second kappa shape index (κ2) is 9.68. The van der Waals surface area contributed by atoms with Crippen LogP contribution in [0.4, 0.5) is 4.79 Å². The van der Waals surface area contributed by atoms with Crippen molar-refractivity contribution in [1.29, 1.82) is 0 Å². The third-order valence-electron chi connectivity index (χ3n) is 5.67. The SMILES string of the molecule is C=C1C(C2N=CN(Cc3ccc(OC)cc3)C2/N=C\C)=NC(=O)N1Cc1ccc(OC)cc1. The summed E-state index contributed by atoms with van der Waals surface area (Å²) in [7, 11) is 3.27. The Labute approximate surface area is 193 Å². The van der Waals surface area contributed by atoms with E-state index in [4.69, 9.17) is 9.47 Å². The average molecular weight is 446 g/mol. The summed E-state index contributed by atoms with van der Waals surface area (Å²) >= 11 is 0. The lowest BCUT2D eigenvalue weighted by molar-refractivity contribution is 0.225. The molecule has 2 aliphatic rings. The molecule has 2 aliphatic heterocycles. The van der Waals surface area contributed by atoms with Crippen molar-refractivity contribution in [3.63, 3.8) is 0 Å². The van der Waals surface area contributed by atoms with Gasteiger partial charge in [-0.05, 0) is 48.5 Å². The van der Waals surface area contributed by atoms with E-state index in [1.54, 1.807) is 31.7 Å². The Morgan fingerprint density at radius 1 is 1.00 bits per heavy atom. The van der Waals surface area contributed by atoms with Gasteiger partial charge in [0.1, 0.15) is 23.7 Å². The van der Waals surface area contributed by atoms with E-state index in [1.165, 1.54) is 0 Å². The van der Waals surface area contributed by atoms with Crippen molar-refractivity contribution in [1.82, 2.24) is 9.80 Å². The molecule has 2 heterocycles. The molecule has 2 unspecified atom stereocenters. The van der Waals surface area contributed by atoms with Gasteiger partial charge in [0.25, 0.3) is 0 Å². The number of carbonyl (C=O) groups is 1. The number of ether oxygens (including phenoxy) is 2. The topological polar surface area (TPSA) is 79.1 Å². The third kappa shape index (κ3) is 4.64. The van der Waals surface area contributed by atoms with Crippen LogP contribution in [0.5, 0.6) is 11.5 Å². The lowest BCUT2D eigenvalue weighted by Gasteiger charge is -2.26. The van der Waals surface area contributed by atoms with E-state index in [2.05, 4.69) is 21.6 Å². The highest BCUT2D eigenvalue weighted by molar-refractivity contribution is 6.15. The van der Waals surface area contributed by atoms with Crippen LogP contribution in [0.25, 0.3) is 0 Å². The minimum atomic E-state index is -0.406. The van der Waals surface area contributed by atoms with Crippen LogP contribution in [-0.2, 0) is 13.1 Å². The fourth-order valence-corrected chi connectivity index (χ4v) is 3.89. The first-order valence-corrected chi connectivity index (χ1v) is 10.7. The summed E-state index contributed by atoms with van der Waals surface area (Å²) < 4.78 is 10.4. The number of nitrogens with zero attached hydrogens (tertiary/aromatic N) is 5. The molecule has 4 rings (SSSR count). The number of benzene rings is 2. The Morgan fingerprint density at radius 2 is 1.58 bits per heavy atom. The molecule has 0 bridgehead atoms. The van der Waals surface area contributed by atoms with Crippen molar-refractivity contribution < 1.29 is 14.3 Å². The monoisotopic (exact) mass is 445 g/mol. The molecule has 2 aromatic carbocycles. The minimum Gasteiger partial charge on any atom is -0.497 e. The molecule has 170 valence electrons. The van der Waals surface area contributed by atoms with E-state index in [0.717, 1.165) is 22.6 Å². The maximum atomic E-state index is 12.7. The van der Waals surface area contributed by atoms with Crippen molar-refractivity contribution in [3.8, 4) is 11.5 Å². The number of carbonyl (C=O) groups excluding carboxylic acids is 1. The fraction of sp³-hybridized carbons (Fsp3) is 0.280. The van der Waals surface area contributed by atoms with Crippen molar-refractivity contribution in [2.45, 2.75) is 32.2 Å². The zero-order valence-corrected chi connectivity index (χ0v) is 19.0. The Kier molecular flexibility index (Phi) is 6.53. The van der Waals surface area contributed by atoms with Gasteiger partial charge in [-0.25, -0.2) is 4.79 Å². The molecule has 0 fully saturated rings. The maximum Gasteiger partial charge on any atom is 0.348 e. The second-order valence-electron chi connectivity index (χ2n) is 7.71. The highest BCUT2D eigenvalue weighted by Crippen LogP contribution is 2.28. The van der Waals surface area contributed by atoms with Gasteiger partial charge in [0, 0.05) is 6.54 Å². The quantitative estimate of drug-likeness (QED) is 0.577. The van der Waals surface area contributed by atoms with Crippen LogP contribution < -0.4 is 9.47 Å². The summed E-state index contributed by atoms with van der Waals surface area (Å²) in [5, 5.41) is 0. The number of hydrogen-bond donors (Lipinski definition) is 0. The molecule has 2 amide bonds. The highest BCUT2D eigenvalue weighted by atomic mass is 16.5. The molecule has 8 nitrogen and oxygen atoms in total. The average Bonchev–Trinajstić information content (AvgIpc) is 3.35. The second-order valence-corrected chi connectivity index (χ2v) is 7.71. The van der Waals surface area contributed by atoms with E-state index in [-0.39, 0.29) is 12.2 Å². The molecule has 0 saturated carbocycles. The van der Waals surface area contributed by atoms with E-state index in [1.807, 2.05) is 60.4 Å². The summed E-state index contributed by atoms with van der Waals surface area (Å²) in [6.45, 7) is 7.02. The largest absolute Gasteiger partial charge is 0.497 e. The normalized spacial score (nSPS) is 20.2. The van der Waals surface area contributed by atoms with Gasteiger partial charge >= 0.3 is 6.03 Å². The Morgan fingerprint density at radius 3 is 2.12 bits per heavy atom.